The van der Waals surface area contributed by atoms with Gasteiger partial charge < -0.3 is 5.73 Å². The summed E-state index contributed by atoms with van der Waals surface area (Å²) in [6.45, 7) is 4.38. The summed E-state index contributed by atoms with van der Waals surface area (Å²) in [6.07, 6.45) is 0.720. The van der Waals surface area contributed by atoms with Gasteiger partial charge in [-0.25, -0.2) is 8.42 Å². The molecule has 0 aromatic carbocycles. The number of sulfonamides is 1. The van der Waals surface area contributed by atoms with E-state index >= 15 is 0 Å². The third kappa shape index (κ3) is 1.98. The van der Waals surface area contributed by atoms with Gasteiger partial charge in [0.05, 0.1) is 11.4 Å². The van der Waals surface area contributed by atoms with E-state index < -0.39 is 10.0 Å². The van der Waals surface area contributed by atoms with Crippen LogP contribution < -0.4 is 5.73 Å². The fraction of sp³-hybridized carbons (Fsp3) is 0.700. The summed E-state index contributed by atoms with van der Waals surface area (Å²) in [6, 6.07) is -0.0536. The lowest BCUT2D eigenvalue weighted by atomic mass is 10.3. The average molecular weight is 258 g/mol. The Balaban J connectivity index is 2.45. The van der Waals surface area contributed by atoms with Crippen molar-refractivity contribution in [3.63, 3.8) is 0 Å². The first-order valence-corrected chi connectivity index (χ1v) is 7.04. The number of nitrogens with two attached hydrogens (primary N) is 1. The Hall–Kier alpha value is -0.920. The first-order valence-electron chi connectivity index (χ1n) is 5.60. The standard InChI is InChI=1S/C10H18N4O2S/c1-7-10(8(2)13(3)12-7)17(15,16)14-5-4-9(11)6-14/h9H,4-6,11H2,1-3H3/t9-/m1/s1. The van der Waals surface area contributed by atoms with Gasteiger partial charge in [-0.15, -0.1) is 0 Å². The minimum absolute atomic E-state index is 0.0536. The summed E-state index contributed by atoms with van der Waals surface area (Å²) in [5.74, 6) is 0. The number of rotatable bonds is 2. The summed E-state index contributed by atoms with van der Waals surface area (Å²) < 4.78 is 28.0. The molecule has 1 fully saturated rings. The Labute approximate surface area is 101 Å². The van der Waals surface area contributed by atoms with E-state index in [0.29, 0.717) is 29.4 Å². The maximum atomic E-state index is 12.5. The summed E-state index contributed by atoms with van der Waals surface area (Å²) in [5, 5.41) is 4.15. The van der Waals surface area contributed by atoms with Gasteiger partial charge in [-0.1, -0.05) is 0 Å². The monoisotopic (exact) mass is 258 g/mol. The van der Waals surface area contributed by atoms with Crippen LogP contribution in [-0.4, -0.2) is 41.6 Å². The first-order chi connectivity index (χ1) is 7.84. The van der Waals surface area contributed by atoms with Crippen LogP contribution in [0.3, 0.4) is 0 Å². The van der Waals surface area contributed by atoms with Crippen LogP contribution in [0, 0.1) is 13.8 Å². The molecule has 1 aromatic rings. The molecule has 96 valence electrons. The maximum Gasteiger partial charge on any atom is 0.246 e. The molecule has 2 N–H and O–H groups in total. The third-order valence-corrected chi connectivity index (χ3v) is 5.35. The number of nitrogens with zero attached hydrogens (tertiary/aromatic N) is 3. The van der Waals surface area contributed by atoms with Crippen LogP contribution in [0.25, 0.3) is 0 Å². The van der Waals surface area contributed by atoms with Crippen molar-refractivity contribution in [2.24, 2.45) is 12.8 Å². The molecule has 0 unspecified atom stereocenters. The zero-order valence-corrected chi connectivity index (χ0v) is 11.2. The van der Waals surface area contributed by atoms with E-state index in [1.807, 2.05) is 0 Å². The Kier molecular flexibility index (Phi) is 3.01. The fourth-order valence-electron chi connectivity index (χ4n) is 2.23. The lowest BCUT2D eigenvalue weighted by molar-refractivity contribution is 0.471. The maximum absolute atomic E-state index is 12.5. The SMILES string of the molecule is Cc1nn(C)c(C)c1S(=O)(=O)N1CC[C@@H](N)C1. The highest BCUT2D eigenvalue weighted by atomic mass is 32.2. The van der Waals surface area contributed by atoms with Gasteiger partial charge in [0.15, 0.2) is 0 Å². The molecule has 0 amide bonds. The third-order valence-electron chi connectivity index (χ3n) is 3.23. The molecule has 0 saturated carbocycles. The molecule has 0 bridgehead atoms. The smallest absolute Gasteiger partial charge is 0.246 e. The van der Waals surface area contributed by atoms with Crippen molar-refractivity contribution >= 4 is 10.0 Å². The summed E-state index contributed by atoms with van der Waals surface area (Å²) in [7, 11) is -1.70. The fourth-order valence-corrected chi connectivity index (χ4v) is 4.14. The Morgan fingerprint density at radius 1 is 1.41 bits per heavy atom. The summed E-state index contributed by atoms with van der Waals surface area (Å²) >= 11 is 0. The van der Waals surface area contributed by atoms with Gasteiger partial charge >= 0.3 is 0 Å². The van der Waals surface area contributed by atoms with Gasteiger partial charge in [-0.05, 0) is 20.3 Å². The van der Waals surface area contributed by atoms with Gasteiger partial charge in [0, 0.05) is 26.2 Å². The molecule has 6 nitrogen and oxygen atoms in total. The van der Waals surface area contributed by atoms with E-state index in [-0.39, 0.29) is 6.04 Å². The van der Waals surface area contributed by atoms with Crippen molar-refractivity contribution in [2.45, 2.75) is 31.2 Å². The second-order valence-electron chi connectivity index (χ2n) is 4.54. The Morgan fingerprint density at radius 2 is 2.06 bits per heavy atom. The molecule has 17 heavy (non-hydrogen) atoms. The van der Waals surface area contributed by atoms with Crippen LogP contribution in [0.15, 0.2) is 4.90 Å². The van der Waals surface area contributed by atoms with Crippen molar-refractivity contribution in [3.05, 3.63) is 11.4 Å². The molecule has 1 aliphatic heterocycles. The van der Waals surface area contributed by atoms with Crippen molar-refractivity contribution in [1.29, 1.82) is 0 Å². The Bertz CT molecular complexity index is 535. The zero-order valence-electron chi connectivity index (χ0n) is 10.3. The lowest BCUT2D eigenvalue weighted by Crippen LogP contribution is -2.32. The predicted molar refractivity (Wildman–Crippen MR) is 64.0 cm³/mol. The molecule has 7 heteroatoms. The van der Waals surface area contributed by atoms with Gasteiger partial charge in [-0.2, -0.15) is 9.40 Å². The first kappa shape index (κ1) is 12.5. The van der Waals surface area contributed by atoms with Crippen LogP contribution in [0.1, 0.15) is 17.8 Å². The van der Waals surface area contributed by atoms with Crippen LogP contribution in [-0.2, 0) is 17.1 Å². The highest BCUT2D eigenvalue weighted by Crippen LogP contribution is 2.25. The molecule has 1 aliphatic rings. The van der Waals surface area contributed by atoms with Crippen LogP contribution in [0.5, 0.6) is 0 Å². The predicted octanol–water partition coefficient (Wildman–Crippen LogP) is -0.241. The minimum Gasteiger partial charge on any atom is -0.326 e. The van der Waals surface area contributed by atoms with Gasteiger partial charge in [0.2, 0.25) is 10.0 Å². The summed E-state index contributed by atoms with van der Waals surface area (Å²) in [4.78, 5) is 0.328. The van der Waals surface area contributed by atoms with Crippen LogP contribution in [0.4, 0.5) is 0 Å². The molecule has 0 spiro atoms. The van der Waals surface area contributed by atoms with Crippen molar-refractivity contribution in [3.8, 4) is 0 Å². The van der Waals surface area contributed by atoms with Crippen molar-refractivity contribution in [1.82, 2.24) is 14.1 Å². The van der Waals surface area contributed by atoms with Gasteiger partial charge in [-0.3, -0.25) is 4.68 Å². The van der Waals surface area contributed by atoms with Gasteiger partial charge in [0.25, 0.3) is 0 Å². The summed E-state index contributed by atoms with van der Waals surface area (Å²) in [5.41, 5.74) is 6.97. The van der Waals surface area contributed by atoms with E-state index in [4.69, 9.17) is 5.73 Å². The van der Waals surface area contributed by atoms with E-state index in [1.165, 1.54) is 4.31 Å². The average Bonchev–Trinajstić information content (AvgIpc) is 2.73. The zero-order chi connectivity index (χ0) is 12.8. The lowest BCUT2D eigenvalue weighted by Gasteiger charge is -2.16. The van der Waals surface area contributed by atoms with Crippen LogP contribution >= 0.6 is 0 Å². The number of aromatic nitrogens is 2. The highest BCUT2D eigenvalue weighted by molar-refractivity contribution is 7.89. The second kappa shape index (κ2) is 4.08. The second-order valence-corrected chi connectivity index (χ2v) is 6.41. The number of hydrogen-bond donors (Lipinski definition) is 1. The van der Waals surface area contributed by atoms with Crippen LogP contribution in [0.2, 0.25) is 0 Å². The molecule has 1 atom stereocenters. The molecular formula is C10H18N4O2S. The molecule has 0 radical (unpaired) electrons. The normalized spacial score (nSPS) is 22.2. The topological polar surface area (TPSA) is 81.2 Å². The van der Waals surface area contributed by atoms with Gasteiger partial charge in [0.1, 0.15) is 4.90 Å². The van der Waals surface area contributed by atoms with Crippen molar-refractivity contribution < 1.29 is 8.42 Å². The quantitative estimate of drug-likeness (QED) is 0.793. The van der Waals surface area contributed by atoms with E-state index in [9.17, 15) is 8.42 Å². The Morgan fingerprint density at radius 3 is 2.47 bits per heavy atom. The number of aryl methyl sites for hydroxylation is 2. The minimum atomic E-state index is -3.44. The number of hydrogen-bond acceptors (Lipinski definition) is 4. The largest absolute Gasteiger partial charge is 0.326 e. The molecular weight excluding hydrogens is 240 g/mol. The molecule has 0 aliphatic carbocycles. The molecule has 1 saturated heterocycles. The van der Waals surface area contributed by atoms with Crippen molar-refractivity contribution in [2.75, 3.05) is 13.1 Å². The highest BCUT2D eigenvalue weighted by Gasteiger charge is 2.34. The molecule has 2 heterocycles. The molecule has 1 aromatic heterocycles. The van der Waals surface area contributed by atoms with E-state index in [1.54, 1.807) is 25.6 Å². The molecule has 2 rings (SSSR count). The van der Waals surface area contributed by atoms with E-state index in [2.05, 4.69) is 5.10 Å². The van der Waals surface area contributed by atoms with E-state index in [0.717, 1.165) is 6.42 Å².